The van der Waals surface area contributed by atoms with Crippen LogP contribution in [0.4, 0.5) is 8.78 Å². The number of ketones is 1. The quantitative estimate of drug-likeness (QED) is 0.789. The Kier molecular flexibility index (Phi) is 4.13. The monoisotopic (exact) mass is 276 g/mol. The Morgan fingerprint density at radius 2 is 1.80 bits per heavy atom. The maximum Gasteiger partial charge on any atom is 0.196 e. The molecule has 0 radical (unpaired) electrons. The van der Waals surface area contributed by atoms with Crippen LogP contribution in [0.1, 0.15) is 29.8 Å². The molecular formula is C16H14F2O2. The molecule has 2 aromatic rings. The van der Waals surface area contributed by atoms with Gasteiger partial charge in [0.15, 0.2) is 17.4 Å². The van der Waals surface area contributed by atoms with Crippen molar-refractivity contribution in [1.82, 2.24) is 0 Å². The molecule has 0 aliphatic rings. The summed E-state index contributed by atoms with van der Waals surface area (Å²) in [6, 6.07) is 9.95. The van der Waals surface area contributed by atoms with Crippen LogP contribution in [0.15, 0.2) is 42.5 Å². The van der Waals surface area contributed by atoms with Gasteiger partial charge in [-0.25, -0.2) is 8.78 Å². The van der Waals surface area contributed by atoms with Crippen molar-refractivity contribution in [3.63, 3.8) is 0 Å². The molecule has 2 rings (SSSR count). The van der Waals surface area contributed by atoms with E-state index in [0.29, 0.717) is 5.75 Å². The Bertz CT molecular complexity index is 636. The van der Waals surface area contributed by atoms with Crippen molar-refractivity contribution in [1.29, 1.82) is 0 Å². The number of benzene rings is 2. The molecule has 2 nitrogen and oxygen atoms in total. The average Bonchev–Trinajstić information content (AvgIpc) is 2.41. The van der Waals surface area contributed by atoms with Crippen LogP contribution < -0.4 is 4.74 Å². The largest absolute Gasteiger partial charge is 0.491 e. The zero-order valence-electron chi connectivity index (χ0n) is 11.2. The highest BCUT2D eigenvalue weighted by atomic mass is 19.2. The standard InChI is InChI=1S/C16H14F2O2/c1-10(2)20-12-6-3-5-11(9-12)16(19)13-7-4-8-14(17)15(13)18/h3-10H,1-2H3. The third-order valence-electron chi connectivity index (χ3n) is 2.66. The average molecular weight is 276 g/mol. The Balaban J connectivity index is 2.36. The van der Waals surface area contributed by atoms with Gasteiger partial charge in [0.05, 0.1) is 11.7 Å². The molecule has 0 bridgehead atoms. The third kappa shape index (κ3) is 3.02. The molecule has 0 spiro atoms. The van der Waals surface area contributed by atoms with Gasteiger partial charge in [-0.3, -0.25) is 4.79 Å². The van der Waals surface area contributed by atoms with Crippen molar-refractivity contribution < 1.29 is 18.3 Å². The first-order chi connectivity index (χ1) is 9.49. The molecule has 0 aliphatic carbocycles. The first-order valence-corrected chi connectivity index (χ1v) is 6.24. The lowest BCUT2D eigenvalue weighted by Crippen LogP contribution is -2.08. The Hall–Kier alpha value is -2.23. The summed E-state index contributed by atoms with van der Waals surface area (Å²) in [6.07, 6.45) is -0.0359. The van der Waals surface area contributed by atoms with Crippen molar-refractivity contribution in [2.45, 2.75) is 20.0 Å². The highest BCUT2D eigenvalue weighted by Crippen LogP contribution is 2.20. The molecular weight excluding hydrogens is 262 g/mol. The first kappa shape index (κ1) is 14.2. The second-order valence-corrected chi connectivity index (χ2v) is 4.62. The van der Waals surface area contributed by atoms with Crippen molar-refractivity contribution in [3.8, 4) is 5.75 Å². The number of carbonyl (C=O) groups excluding carboxylic acids is 1. The second-order valence-electron chi connectivity index (χ2n) is 4.62. The number of ether oxygens (including phenoxy) is 1. The molecule has 20 heavy (non-hydrogen) atoms. The van der Waals surface area contributed by atoms with Crippen LogP contribution in [0.3, 0.4) is 0 Å². The van der Waals surface area contributed by atoms with Gasteiger partial charge in [0.2, 0.25) is 0 Å². The molecule has 4 heteroatoms. The van der Waals surface area contributed by atoms with Gasteiger partial charge < -0.3 is 4.74 Å². The molecule has 0 saturated heterocycles. The predicted octanol–water partition coefficient (Wildman–Crippen LogP) is 3.98. The lowest BCUT2D eigenvalue weighted by molar-refractivity contribution is 0.103. The molecule has 0 saturated carbocycles. The lowest BCUT2D eigenvalue weighted by Gasteiger charge is -2.10. The van der Waals surface area contributed by atoms with Crippen LogP contribution in [0.2, 0.25) is 0 Å². The fourth-order valence-corrected chi connectivity index (χ4v) is 1.82. The van der Waals surface area contributed by atoms with Gasteiger partial charge in [0, 0.05) is 5.56 Å². The van der Waals surface area contributed by atoms with Gasteiger partial charge in [0.25, 0.3) is 0 Å². The summed E-state index contributed by atoms with van der Waals surface area (Å²) >= 11 is 0. The number of halogens is 2. The lowest BCUT2D eigenvalue weighted by atomic mass is 10.0. The Labute approximate surface area is 116 Å². The zero-order chi connectivity index (χ0) is 14.7. The fourth-order valence-electron chi connectivity index (χ4n) is 1.82. The molecule has 2 aromatic carbocycles. The van der Waals surface area contributed by atoms with Crippen molar-refractivity contribution >= 4 is 5.78 Å². The van der Waals surface area contributed by atoms with Gasteiger partial charge >= 0.3 is 0 Å². The minimum absolute atomic E-state index is 0.0359. The highest BCUT2D eigenvalue weighted by Gasteiger charge is 2.17. The summed E-state index contributed by atoms with van der Waals surface area (Å²) in [4.78, 5) is 12.2. The smallest absolute Gasteiger partial charge is 0.196 e. The molecule has 0 fully saturated rings. The predicted molar refractivity (Wildman–Crippen MR) is 72.0 cm³/mol. The summed E-state index contributed by atoms with van der Waals surface area (Å²) < 4.78 is 32.3. The third-order valence-corrected chi connectivity index (χ3v) is 2.66. The van der Waals surface area contributed by atoms with Gasteiger partial charge in [0.1, 0.15) is 5.75 Å². The Morgan fingerprint density at radius 3 is 2.50 bits per heavy atom. The normalized spacial score (nSPS) is 10.7. The molecule has 0 aliphatic heterocycles. The van der Waals surface area contributed by atoms with E-state index < -0.39 is 17.4 Å². The van der Waals surface area contributed by atoms with E-state index in [4.69, 9.17) is 4.74 Å². The molecule has 0 unspecified atom stereocenters. The van der Waals surface area contributed by atoms with Crippen LogP contribution >= 0.6 is 0 Å². The van der Waals surface area contributed by atoms with Crippen LogP contribution in [0.25, 0.3) is 0 Å². The van der Waals surface area contributed by atoms with E-state index in [1.54, 1.807) is 18.2 Å². The van der Waals surface area contributed by atoms with E-state index >= 15 is 0 Å². The molecule has 0 amide bonds. The van der Waals surface area contributed by atoms with Gasteiger partial charge in [-0.1, -0.05) is 18.2 Å². The van der Waals surface area contributed by atoms with Gasteiger partial charge in [-0.2, -0.15) is 0 Å². The Morgan fingerprint density at radius 1 is 1.10 bits per heavy atom. The fraction of sp³-hybridized carbons (Fsp3) is 0.188. The van der Waals surface area contributed by atoms with E-state index in [2.05, 4.69) is 0 Å². The summed E-state index contributed by atoms with van der Waals surface area (Å²) in [5, 5.41) is 0. The van der Waals surface area contributed by atoms with Crippen LogP contribution in [-0.4, -0.2) is 11.9 Å². The van der Waals surface area contributed by atoms with Crippen LogP contribution in [-0.2, 0) is 0 Å². The number of carbonyl (C=O) groups is 1. The highest BCUT2D eigenvalue weighted by molar-refractivity contribution is 6.09. The van der Waals surface area contributed by atoms with Gasteiger partial charge in [-0.15, -0.1) is 0 Å². The molecule has 0 atom stereocenters. The maximum absolute atomic E-state index is 13.6. The maximum atomic E-state index is 13.6. The topological polar surface area (TPSA) is 26.3 Å². The van der Waals surface area contributed by atoms with Crippen molar-refractivity contribution in [2.24, 2.45) is 0 Å². The summed E-state index contributed by atoms with van der Waals surface area (Å²) in [6.45, 7) is 3.72. The number of hydrogen-bond donors (Lipinski definition) is 0. The minimum atomic E-state index is -1.13. The molecule has 0 N–H and O–H groups in total. The first-order valence-electron chi connectivity index (χ1n) is 6.24. The van der Waals surface area contributed by atoms with Crippen LogP contribution in [0.5, 0.6) is 5.75 Å². The van der Waals surface area contributed by atoms with Crippen LogP contribution in [0, 0.1) is 11.6 Å². The van der Waals surface area contributed by atoms with Gasteiger partial charge in [-0.05, 0) is 38.1 Å². The summed E-state index contributed by atoms with van der Waals surface area (Å²) in [7, 11) is 0. The second kappa shape index (κ2) is 5.82. The summed E-state index contributed by atoms with van der Waals surface area (Å²) in [5.41, 5.74) is -0.0284. The van der Waals surface area contributed by atoms with Crippen molar-refractivity contribution in [2.75, 3.05) is 0 Å². The van der Waals surface area contributed by atoms with E-state index in [9.17, 15) is 13.6 Å². The van der Waals surface area contributed by atoms with E-state index in [-0.39, 0.29) is 17.2 Å². The number of hydrogen-bond acceptors (Lipinski definition) is 2. The molecule has 0 aromatic heterocycles. The SMILES string of the molecule is CC(C)Oc1cccc(C(=O)c2cccc(F)c2F)c1. The molecule has 0 heterocycles. The number of rotatable bonds is 4. The van der Waals surface area contributed by atoms with E-state index in [1.165, 1.54) is 18.2 Å². The molecule has 104 valence electrons. The summed E-state index contributed by atoms with van der Waals surface area (Å²) in [5.74, 6) is -2.23. The minimum Gasteiger partial charge on any atom is -0.491 e. The zero-order valence-corrected chi connectivity index (χ0v) is 11.2. The van der Waals surface area contributed by atoms with E-state index in [0.717, 1.165) is 6.07 Å². The van der Waals surface area contributed by atoms with E-state index in [1.807, 2.05) is 13.8 Å². The van der Waals surface area contributed by atoms with Crippen molar-refractivity contribution in [3.05, 3.63) is 65.2 Å².